The second-order valence-electron chi connectivity index (χ2n) is 9.03. The zero-order valence-electron chi connectivity index (χ0n) is 22.6. The van der Waals surface area contributed by atoms with Crippen LogP contribution in [0.3, 0.4) is 0 Å². The van der Waals surface area contributed by atoms with E-state index >= 15 is 4.39 Å². The van der Waals surface area contributed by atoms with Gasteiger partial charge in [-0.2, -0.15) is 4.98 Å². The number of fused-ring (bicyclic) bond motifs is 2. The molecule has 4 aromatic heterocycles. The Labute approximate surface area is 248 Å². The molecule has 0 fully saturated rings. The first-order valence-electron chi connectivity index (χ1n) is 12.7. The van der Waals surface area contributed by atoms with Gasteiger partial charge in [0.2, 0.25) is 5.88 Å². The third kappa shape index (κ3) is 6.59. The number of amides is 1. The predicted molar refractivity (Wildman–Crippen MR) is 156 cm³/mol. The minimum absolute atomic E-state index is 0.0659. The summed E-state index contributed by atoms with van der Waals surface area (Å²) in [6.45, 7) is 3.14. The van der Waals surface area contributed by atoms with E-state index in [-0.39, 0.29) is 25.0 Å². The maximum Gasteiger partial charge on any atom is 0.412 e. The van der Waals surface area contributed by atoms with Crippen LogP contribution in [0.25, 0.3) is 31.8 Å². The average molecular weight is 614 g/mol. The summed E-state index contributed by atoms with van der Waals surface area (Å²) in [5.41, 5.74) is 2.06. The van der Waals surface area contributed by atoms with Gasteiger partial charge >= 0.3 is 6.09 Å². The first kappa shape index (κ1) is 29.2. The third-order valence-electron chi connectivity index (χ3n) is 6.07. The molecule has 0 saturated carbocycles. The normalized spacial score (nSPS) is 12.6. The minimum Gasteiger partial charge on any atom is -0.495 e. The summed E-state index contributed by atoms with van der Waals surface area (Å²) >= 11 is 7.60. The van der Waals surface area contributed by atoms with Crippen LogP contribution in [0.4, 0.5) is 14.9 Å². The number of ether oxygens (including phenoxy) is 4. The highest BCUT2D eigenvalue weighted by Crippen LogP contribution is 2.37. The first-order chi connectivity index (χ1) is 20.2. The lowest BCUT2D eigenvalue weighted by Crippen LogP contribution is -2.33. The van der Waals surface area contributed by atoms with E-state index < -0.39 is 24.1 Å². The monoisotopic (exact) mass is 613 g/mol. The fraction of sp³-hybridized carbons (Fsp3) is 0.250. The second-order valence-corrected chi connectivity index (χ2v) is 10.4. The smallest absolute Gasteiger partial charge is 0.412 e. The number of hydrogen-bond acceptors (Lipinski definition) is 11. The quantitative estimate of drug-likeness (QED) is 0.196. The lowest BCUT2D eigenvalue weighted by molar-refractivity contribution is 0.0379. The fourth-order valence-electron chi connectivity index (χ4n) is 3.89. The molecule has 0 saturated heterocycles. The van der Waals surface area contributed by atoms with Gasteiger partial charge in [0.1, 0.15) is 39.9 Å². The topological polar surface area (TPSA) is 138 Å². The molecule has 0 bridgehead atoms. The Balaban J connectivity index is 1.30. The van der Waals surface area contributed by atoms with Crippen LogP contribution < -0.4 is 19.5 Å². The highest BCUT2D eigenvalue weighted by Gasteiger charge is 2.23. The number of anilines is 1. The van der Waals surface area contributed by atoms with Gasteiger partial charge in [-0.25, -0.2) is 19.2 Å². The van der Waals surface area contributed by atoms with Crippen LogP contribution in [0.2, 0.25) is 5.02 Å². The number of thiazole rings is 1. The van der Waals surface area contributed by atoms with E-state index in [1.807, 2.05) is 6.07 Å². The highest BCUT2D eigenvalue weighted by molar-refractivity contribution is 7.21. The molecule has 5 rings (SSSR count). The van der Waals surface area contributed by atoms with Crippen molar-refractivity contribution in [2.75, 3.05) is 25.6 Å². The summed E-state index contributed by atoms with van der Waals surface area (Å²) in [6.07, 6.45) is 0.763. The summed E-state index contributed by atoms with van der Waals surface area (Å²) in [4.78, 5) is 30.3. The van der Waals surface area contributed by atoms with Gasteiger partial charge in [0, 0.05) is 34.3 Å². The molecule has 0 radical (unpaired) electrons. The molecular weight excluding hydrogens is 589 g/mol. The lowest BCUT2D eigenvalue weighted by Gasteiger charge is -2.21. The molecule has 0 spiro atoms. The van der Waals surface area contributed by atoms with Crippen molar-refractivity contribution in [1.29, 1.82) is 0 Å². The van der Waals surface area contributed by atoms with E-state index in [0.717, 1.165) is 5.39 Å². The number of rotatable bonds is 10. The highest BCUT2D eigenvalue weighted by atomic mass is 35.5. The molecule has 0 aliphatic rings. The molecule has 4 heterocycles. The fourth-order valence-corrected chi connectivity index (χ4v) is 5.05. The number of halogens is 2. The number of aromatic nitrogens is 4. The molecule has 2 atom stereocenters. The van der Waals surface area contributed by atoms with Gasteiger partial charge in [-0.15, -0.1) is 0 Å². The second kappa shape index (κ2) is 12.7. The van der Waals surface area contributed by atoms with E-state index in [2.05, 4.69) is 25.3 Å². The lowest BCUT2D eigenvalue weighted by atomic mass is 10.1. The Kier molecular flexibility index (Phi) is 8.80. The maximum absolute atomic E-state index is 15.0. The molecule has 1 amide bonds. The zero-order chi connectivity index (χ0) is 29.8. The number of hydrogen-bond donors (Lipinski definition) is 2. The molecule has 14 heteroatoms. The van der Waals surface area contributed by atoms with E-state index in [1.54, 1.807) is 45.4 Å². The van der Waals surface area contributed by atoms with Gasteiger partial charge in [0.25, 0.3) is 5.88 Å². The number of pyridine rings is 3. The summed E-state index contributed by atoms with van der Waals surface area (Å²) in [6, 6.07) is 9.62. The molecule has 11 nitrogen and oxygen atoms in total. The van der Waals surface area contributed by atoms with E-state index in [1.165, 1.54) is 29.7 Å². The predicted octanol–water partition coefficient (Wildman–Crippen LogP) is 5.88. The van der Waals surface area contributed by atoms with Crippen molar-refractivity contribution in [1.82, 2.24) is 19.9 Å². The summed E-state index contributed by atoms with van der Waals surface area (Å²) in [5.74, 6) is -0.144. The van der Waals surface area contributed by atoms with Crippen molar-refractivity contribution in [3.05, 3.63) is 59.6 Å². The molecule has 1 aromatic carbocycles. The number of aliphatic hydroxyl groups excluding tert-OH is 1. The molecule has 218 valence electrons. The number of nitrogens with zero attached hydrogens (tertiary/aromatic N) is 4. The van der Waals surface area contributed by atoms with Crippen molar-refractivity contribution in [2.45, 2.75) is 26.1 Å². The van der Waals surface area contributed by atoms with Crippen LogP contribution >= 0.6 is 22.9 Å². The largest absolute Gasteiger partial charge is 0.495 e. The van der Waals surface area contributed by atoms with Gasteiger partial charge in [-0.3, -0.25) is 10.3 Å². The molecule has 0 unspecified atom stereocenters. The number of benzene rings is 1. The van der Waals surface area contributed by atoms with Crippen molar-refractivity contribution in [2.24, 2.45) is 0 Å². The Morgan fingerprint density at radius 2 is 1.98 bits per heavy atom. The molecular formula is C28H25ClFN5O6S. The number of carbonyl (C=O) groups excluding carboxylic acids is 1. The summed E-state index contributed by atoms with van der Waals surface area (Å²) in [5, 5.41) is 13.3. The molecule has 42 heavy (non-hydrogen) atoms. The Bertz CT molecular complexity index is 1760. The van der Waals surface area contributed by atoms with Crippen molar-refractivity contribution < 1.29 is 33.2 Å². The molecule has 0 aliphatic carbocycles. The van der Waals surface area contributed by atoms with E-state index in [0.29, 0.717) is 42.9 Å². The van der Waals surface area contributed by atoms with Gasteiger partial charge in [-0.05, 0) is 38.1 Å². The number of nitrogens with one attached hydrogen (secondary N) is 1. The van der Waals surface area contributed by atoms with E-state index in [9.17, 15) is 4.79 Å². The zero-order valence-corrected chi connectivity index (χ0v) is 24.2. The standard InChI is InChI=1S/C28H25ClFN5O6S/c1-14(15(2)41-28(37)33-18-4-5-31-23(11-18)39-7-6-36)40-25-21(30)12-22-27(35-25)42-26(34-22)20-10-17(29)8-16-9-19(38-3)13-32-24(16)20/h4-5,8-15,36H,6-7H2,1-3H3,(H,31,33,37)/t14-,15+/m0/s1. The van der Waals surface area contributed by atoms with Gasteiger partial charge in [0.05, 0.1) is 31.1 Å². The SMILES string of the molecule is COc1cnc2c(-c3nc4cc(F)c(O[C@@H](C)[C@@H](C)OC(=O)Nc5ccnc(OCCO)c5)nc4s3)cc(Cl)cc2c1. The molecule has 0 aliphatic heterocycles. The number of methoxy groups -OCH3 is 1. The van der Waals surface area contributed by atoms with Crippen LogP contribution in [0, 0.1) is 5.82 Å². The van der Waals surface area contributed by atoms with Crippen molar-refractivity contribution >= 4 is 56.0 Å². The molecule has 2 N–H and O–H groups in total. The minimum atomic E-state index is -0.772. The van der Waals surface area contributed by atoms with Crippen LogP contribution in [0.1, 0.15) is 13.8 Å². The van der Waals surface area contributed by atoms with Crippen molar-refractivity contribution in [3.63, 3.8) is 0 Å². The van der Waals surface area contributed by atoms with Crippen molar-refractivity contribution in [3.8, 4) is 28.1 Å². The summed E-state index contributed by atoms with van der Waals surface area (Å²) in [7, 11) is 1.56. The van der Waals surface area contributed by atoms with Crippen LogP contribution in [0.15, 0.2) is 48.8 Å². The maximum atomic E-state index is 15.0. The summed E-state index contributed by atoms with van der Waals surface area (Å²) < 4.78 is 36.7. The van der Waals surface area contributed by atoms with Crippen LogP contribution in [-0.4, -0.2) is 63.7 Å². The Morgan fingerprint density at radius 1 is 1.14 bits per heavy atom. The van der Waals surface area contributed by atoms with Gasteiger partial charge in [-0.1, -0.05) is 22.9 Å². The van der Waals surface area contributed by atoms with Gasteiger partial charge in [0.15, 0.2) is 5.82 Å². The van der Waals surface area contributed by atoms with E-state index in [4.69, 9.17) is 35.7 Å². The van der Waals surface area contributed by atoms with Gasteiger partial charge < -0.3 is 24.1 Å². The number of carbonyl (C=O) groups is 1. The van der Waals surface area contributed by atoms with Crippen LogP contribution in [-0.2, 0) is 4.74 Å². The number of aliphatic hydroxyl groups is 1. The first-order valence-corrected chi connectivity index (χ1v) is 13.9. The Hall–Kier alpha value is -4.33. The Morgan fingerprint density at radius 3 is 2.76 bits per heavy atom. The third-order valence-corrected chi connectivity index (χ3v) is 7.28. The molecule has 5 aromatic rings. The van der Waals surface area contributed by atoms with Crippen LogP contribution in [0.5, 0.6) is 17.5 Å². The average Bonchev–Trinajstić information content (AvgIpc) is 3.37.